The van der Waals surface area contributed by atoms with Gasteiger partial charge < -0.3 is 10.6 Å². The van der Waals surface area contributed by atoms with Crippen molar-refractivity contribution in [3.05, 3.63) is 22.5 Å². The summed E-state index contributed by atoms with van der Waals surface area (Å²) in [6.07, 6.45) is 3.51. The van der Waals surface area contributed by atoms with Gasteiger partial charge in [-0.25, -0.2) is 0 Å². The van der Waals surface area contributed by atoms with Gasteiger partial charge in [-0.1, -0.05) is 13.8 Å². The van der Waals surface area contributed by atoms with Crippen molar-refractivity contribution in [1.29, 1.82) is 0 Å². The summed E-state index contributed by atoms with van der Waals surface area (Å²) in [4.78, 5) is 23.6. The first-order valence-electron chi connectivity index (χ1n) is 6.97. The van der Waals surface area contributed by atoms with Crippen LogP contribution in [0.4, 0.5) is 5.69 Å². The average molecular weight is 334 g/mol. The van der Waals surface area contributed by atoms with Crippen LogP contribution in [-0.4, -0.2) is 45.1 Å². The van der Waals surface area contributed by atoms with Gasteiger partial charge in [-0.2, -0.15) is 5.10 Å². The highest BCUT2D eigenvalue weighted by atomic mass is 35.5. The molecule has 2 N–H and O–H groups in total. The van der Waals surface area contributed by atoms with Crippen molar-refractivity contribution < 1.29 is 9.72 Å². The Kier molecular flexibility index (Phi) is 8.66. The fraction of sp³-hybridized carbons (Fsp3) is 0.692. The molecule has 1 unspecified atom stereocenters. The van der Waals surface area contributed by atoms with Crippen LogP contribution in [0.15, 0.2) is 12.4 Å². The number of nitrogens with zero attached hydrogens (tertiary/aromatic N) is 4. The van der Waals surface area contributed by atoms with E-state index in [4.69, 9.17) is 5.73 Å². The molecule has 0 bridgehead atoms. The van der Waals surface area contributed by atoms with E-state index in [1.807, 2.05) is 0 Å². The topological polar surface area (TPSA) is 107 Å². The number of aryl methyl sites for hydroxylation is 1. The van der Waals surface area contributed by atoms with Crippen molar-refractivity contribution >= 4 is 24.0 Å². The fourth-order valence-corrected chi connectivity index (χ4v) is 1.77. The quantitative estimate of drug-likeness (QED) is 0.572. The minimum absolute atomic E-state index is 0. The number of nitrogens with two attached hydrogens (primary N) is 1. The van der Waals surface area contributed by atoms with Crippen molar-refractivity contribution in [3.8, 4) is 0 Å². The number of nitro groups is 1. The van der Waals surface area contributed by atoms with Gasteiger partial charge in [0.15, 0.2) is 0 Å². The predicted octanol–water partition coefficient (Wildman–Crippen LogP) is 1.43. The number of hydrogen-bond donors (Lipinski definition) is 1. The minimum Gasteiger partial charge on any atom is -0.346 e. The molecule has 0 fully saturated rings. The number of carbonyl (C=O) groups excluding carboxylic acids is 1. The second-order valence-corrected chi connectivity index (χ2v) is 5.48. The Bertz CT molecular complexity index is 492. The van der Waals surface area contributed by atoms with E-state index in [-0.39, 0.29) is 36.5 Å². The summed E-state index contributed by atoms with van der Waals surface area (Å²) < 4.78 is 1.41. The Morgan fingerprint density at radius 3 is 2.68 bits per heavy atom. The molecular weight excluding hydrogens is 310 g/mol. The van der Waals surface area contributed by atoms with Gasteiger partial charge in [0.25, 0.3) is 0 Å². The van der Waals surface area contributed by atoms with Crippen LogP contribution in [0.25, 0.3) is 0 Å². The van der Waals surface area contributed by atoms with Gasteiger partial charge in [-0.3, -0.25) is 19.6 Å². The number of rotatable bonds is 8. The molecule has 0 saturated heterocycles. The molecule has 8 nitrogen and oxygen atoms in total. The second kappa shape index (κ2) is 9.37. The van der Waals surface area contributed by atoms with E-state index in [0.29, 0.717) is 19.0 Å². The standard InChI is InChI=1S/C13H23N5O3.ClH/c1-10(2)12(14)4-6-16(3)13(19)5-7-17-9-11(8-15-17)18(20)21;/h8-10,12H,4-7,14H2,1-3H3;1H. The van der Waals surface area contributed by atoms with E-state index in [2.05, 4.69) is 18.9 Å². The molecule has 1 amide bonds. The third-order valence-electron chi connectivity index (χ3n) is 3.47. The molecule has 22 heavy (non-hydrogen) atoms. The summed E-state index contributed by atoms with van der Waals surface area (Å²) in [6, 6.07) is 0.0778. The summed E-state index contributed by atoms with van der Waals surface area (Å²) in [7, 11) is 1.74. The summed E-state index contributed by atoms with van der Waals surface area (Å²) in [5.41, 5.74) is 5.87. The lowest BCUT2D eigenvalue weighted by atomic mass is 10.0. The van der Waals surface area contributed by atoms with Gasteiger partial charge in [0.1, 0.15) is 12.4 Å². The van der Waals surface area contributed by atoms with Crippen LogP contribution in [0.1, 0.15) is 26.7 Å². The predicted molar refractivity (Wildman–Crippen MR) is 85.8 cm³/mol. The fourth-order valence-electron chi connectivity index (χ4n) is 1.77. The number of carbonyl (C=O) groups is 1. The van der Waals surface area contributed by atoms with E-state index in [9.17, 15) is 14.9 Å². The molecule has 0 spiro atoms. The summed E-state index contributed by atoms with van der Waals surface area (Å²) in [5, 5.41) is 14.4. The number of aromatic nitrogens is 2. The molecule has 0 aliphatic rings. The first-order chi connectivity index (χ1) is 9.81. The van der Waals surface area contributed by atoms with Gasteiger partial charge in [-0.15, -0.1) is 12.4 Å². The molecule has 0 aliphatic carbocycles. The maximum atomic E-state index is 11.9. The monoisotopic (exact) mass is 333 g/mol. The van der Waals surface area contributed by atoms with Gasteiger partial charge in [0, 0.05) is 32.6 Å². The highest BCUT2D eigenvalue weighted by Crippen LogP contribution is 2.09. The smallest absolute Gasteiger partial charge is 0.306 e. The van der Waals surface area contributed by atoms with E-state index >= 15 is 0 Å². The third-order valence-corrected chi connectivity index (χ3v) is 3.47. The molecular formula is C13H24ClN5O3. The SMILES string of the molecule is CC(C)C(N)CCN(C)C(=O)CCn1cc([N+](=O)[O-])cn1.Cl. The van der Waals surface area contributed by atoms with Crippen LogP contribution in [0, 0.1) is 16.0 Å². The summed E-state index contributed by atoms with van der Waals surface area (Å²) >= 11 is 0. The van der Waals surface area contributed by atoms with Gasteiger partial charge in [-0.05, 0) is 12.3 Å². The second-order valence-electron chi connectivity index (χ2n) is 5.48. The maximum Gasteiger partial charge on any atom is 0.306 e. The number of hydrogen-bond acceptors (Lipinski definition) is 5. The van der Waals surface area contributed by atoms with Crippen molar-refractivity contribution in [2.24, 2.45) is 11.7 Å². The highest BCUT2D eigenvalue weighted by molar-refractivity contribution is 5.85. The first-order valence-corrected chi connectivity index (χ1v) is 6.97. The molecule has 1 atom stereocenters. The van der Waals surface area contributed by atoms with Crippen LogP contribution in [0.3, 0.4) is 0 Å². The molecule has 1 aromatic rings. The van der Waals surface area contributed by atoms with E-state index in [1.54, 1.807) is 11.9 Å². The summed E-state index contributed by atoms with van der Waals surface area (Å²) in [5.74, 6) is 0.363. The molecule has 1 heterocycles. The minimum atomic E-state index is -0.509. The Labute approximate surface area is 136 Å². The van der Waals surface area contributed by atoms with E-state index < -0.39 is 4.92 Å². The number of amides is 1. The zero-order valence-electron chi connectivity index (χ0n) is 13.1. The molecule has 0 saturated carbocycles. The van der Waals surface area contributed by atoms with Crippen molar-refractivity contribution in [2.75, 3.05) is 13.6 Å². The molecule has 9 heteroatoms. The molecule has 0 aliphatic heterocycles. The van der Waals surface area contributed by atoms with E-state index in [1.165, 1.54) is 17.1 Å². The zero-order valence-corrected chi connectivity index (χ0v) is 14.0. The number of halogens is 1. The Hall–Kier alpha value is -1.67. The van der Waals surface area contributed by atoms with Crippen LogP contribution >= 0.6 is 12.4 Å². The first kappa shape index (κ1) is 20.3. The lowest BCUT2D eigenvalue weighted by Gasteiger charge is -2.21. The molecule has 0 aromatic carbocycles. The average Bonchev–Trinajstić information content (AvgIpc) is 2.90. The normalized spacial score (nSPS) is 11.9. The van der Waals surface area contributed by atoms with Crippen molar-refractivity contribution in [1.82, 2.24) is 14.7 Å². The highest BCUT2D eigenvalue weighted by Gasteiger charge is 2.14. The third kappa shape index (κ3) is 6.40. The Morgan fingerprint density at radius 2 is 2.18 bits per heavy atom. The van der Waals surface area contributed by atoms with Crippen LogP contribution < -0.4 is 5.73 Å². The largest absolute Gasteiger partial charge is 0.346 e. The van der Waals surface area contributed by atoms with Crippen LogP contribution in [0.2, 0.25) is 0 Å². The molecule has 1 aromatic heterocycles. The molecule has 0 radical (unpaired) electrons. The Morgan fingerprint density at radius 1 is 1.55 bits per heavy atom. The Balaban J connectivity index is 0.00000441. The van der Waals surface area contributed by atoms with Gasteiger partial charge in [0.2, 0.25) is 5.91 Å². The maximum absolute atomic E-state index is 11.9. The lowest BCUT2D eigenvalue weighted by molar-refractivity contribution is -0.385. The molecule has 1 rings (SSSR count). The van der Waals surface area contributed by atoms with Crippen LogP contribution in [-0.2, 0) is 11.3 Å². The van der Waals surface area contributed by atoms with Crippen molar-refractivity contribution in [2.45, 2.75) is 39.3 Å². The molecule has 126 valence electrons. The zero-order chi connectivity index (χ0) is 16.0. The van der Waals surface area contributed by atoms with Crippen LogP contribution in [0.5, 0.6) is 0 Å². The summed E-state index contributed by atoms with van der Waals surface area (Å²) in [6.45, 7) is 5.04. The lowest BCUT2D eigenvalue weighted by Crippen LogP contribution is -2.35. The van der Waals surface area contributed by atoms with Gasteiger partial charge >= 0.3 is 5.69 Å². The van der Waals surface area contributed by atoms with Gasteiger partial charge in [0.05, 0.1) is 4.92 Å². The van der Waals surface area contributed by atoms with E-state index in [0.717, 1.165) is 6.42 Å². The van der Waals surface area contributed by atoms with Crippen molar-refractivity contribution in [3.63, 3.8) is 0 Å².